The van der Waals surface area contributed by atoms with E-state index in [9.17, 15) is 4.21 Å². The van der Waals surface area contributed by atoms with Crippen molar-refractivity contribution in [2.45, 2.75) is 45.2 Å². The maximum absolute atomic E-state index is 12.2. The maximum atomic E-state index is 12.2. The van der Waals surface area contributed by atoms with Crippen LogP contribution in [0.3, 0.4) is 0 Å². The molecule has 0 amide bonds. The van der Waals surface area contributed by atoms with Gasteiger partial charge < -0.3 is 9.47 Å². The van der Waals surface area contributed by atoms with Crippen molar-refractivity contribution in [2.24, 2.45) is 0 Å². The average Bonchev–Trinajstić information content (AvgIpc) is 2.44. The first-order valence-electron chi connectivity index (χ1n) is 7.34. The fourth-order valence-electron chi connectivity index (χ4n) is 1.95. The molecule has 120 valence electrons. The molecule has 5 heteroatoms. The fraction of sp³-hybridized carbons (Fsp3) is 0.625. The van der Waals surface area contributed by atoms with Crippen LogP contribution >= 0.6 is 0 Å². The third-order valence-corrected chi connectivity index (χ3v) is 4.48. The van der Waals surface area contributed by atoms with Gasteiger partial charge >= 0.3 is 0 Å². The van der Waals surface area contributed by atoms with Crippen molar-refractivity contribution in [2.75, 3.05) is 19.8 Å². The number of benzene rings is 1. The van der Waals surface area contributed by atoms with E-state index in [4.69, 9.17) is 9.47 Å². The Morgan fingerprint density at radius 1 is 1.05 bits per heavy atom. The highest BCUT2D eigenvalue weighted by atomic mass is 32.2. The molecule has 1 aromatic rings. The van der Waals surface area contributed by atoms with Crippen LogP contribution in [0.4, 0.5) is 0 Å². The molecule has 0 saturated heterocycles. The van der Waals surface area contributed by atoms with Gasteiger partial charge in [-0.3, -0.25) is 0 Å². The minimum atomic E-state index is -1.17. The Labute approximate surface area is 130 Å². The van der Waals surface area contributed by atoms with Crippen molar-refractivity contribution in [3.05, 3.63) is 35.9 Å². The molecule has 1 unspecified atom stereocenters. The molecule has 1 N–H and O–H groups in total. The Morgan fingerprint density at radius 2 is 1.57 bits per heavy atom. The van der Waals surface area contributed by atoms with Crippen molar-refractivity contribution in [1.82, 2.24) is 4.72 Å². The van der Waals surface area contributed by atoms with Gasteiger partial charge in [-0.15, -0.1) is 0 Å². The highest BCUT2D eigenvalue weighted by Gasteiger charge is 2.35. The van der Waals surface area contributed by atoms with Gasteiger partial charge in [-0.1, -0.05) is 30.3 Å². The lowest BCUT2D eigenvalue weighted by Gasteiger charge is -2.34. The second kappa shape index (κ2) is 8.03. The molecule has 1 rings (SSSR count). The molecule has 4 nitrogen and oxygen atoms in total. The molecule has 0 aliphatic heterocycles. The van der Waals surface area contributed by atoms with E-state index in [2.05, 4.69) is 4.72 Å². The number of ether oxygens (including phenoxy) is 2. The number of nitrogens with one attached hydrogen (secondary N) is 1. The smallest absolute Gasteiger partial charge is 0.208 e. The van der Waals surface area contributed by atoms with Crippen molar-refractivity contribution < 1.29 is 13.7 Å². The molecule has 0 fully saturated rings. The fourth-order valence-corrected chi connectivity index (χ4v) is 2.70. The first kappa shape index (κ1) is 18.3. The third-order valence-electron chi connectivity index (χ3n) is 2.96. The van der Waals surface area contributed by atoms with Gasteiger partial charge in [0.1, 0.15) is 0 Å². The number of hydrogen-bond acceptors (Lipinski definition) is 3. The lowest BCUT2D eigenvalue weighted by molar-refractivity contribution is -0.237. The van der Waals surface area contributed by atoms with Crippen molar-refractivity contribution in [3.8, 4) is 0 Å². The Morgan fingerprint density at radius 3 is 2.00 bits per heavy atom. The summed E-state index contributed by atoms with van der Waals surface area (Å²) < 4.78 is 26.8. The van der Waals surface area contributed by atoms with Gasteiger partial charge in [0.05, 0.1) is 22.3 Å². The largest absolute Gasteiger partial charge is 0.345 e. The Balaban J connectivity index is 2.99. The molecule has 21 heavy (non-hydrogen) atoms. The van der Waals surface area contributed by atoms with Crippen LogP contribution in [-0.4, -0.2) is 28.7 Å². The third kappa shape index (κ3) is 5.18. The summed E-state index contributed by atoms with van der Waals surface area (Å²) in [6.07, 6.45) is 0. The Hall–Kier alpha value is -0.750. The second-order valence-corrected chi connectivity index (χ2v) is 7.74. The lowest BCUT2D eigenvalue weighted by atomic mass is 10.1. The van der Waals surface area contributed by atoms with E-state index in [-0.39, 0.29) is 4.75 Å². The van der Waals surface area contributed by atoms with E-state index < -0.39 is 16.8 Å². The van der Waals surface area contributed by atoms with E-state index in [1.165, 1.54) is 0 Å². The van der Waals surface area contributed by atoms with Gasteiger partial charge in [-0.25, -0.2) is 8.93 Å². The zero-order chi connectivity index (χ0) is 15.9. The first-order valence-corrected chi connectivity index (χ1v) is 8.49. The summed E-state index contributed by atoms with van der Waals surface area (Å²) in [5.41, 5.74) is 0.923. The molecular formula is C16H27NO3S. The van der Waals surface area contributed by atoms with E-state index in [0.29, 0.717) is 19.8 Å². The molecule has 0 radical (unpaired) electrons. The molecule has 0 aliphatic rings. The topological polar surface area (TPSA) is 47.6 Å². The average molecular weight is 313 g/mol. The Bertz CT molecular complexity index is 437. The van der Waals surface area contributed by atoms with Crippen LogP contribution in [0.15, 0.2) is 30.3 Å². The molecule has 0 bridgehead atoms. The van der Waals surface area contributed by atoms with Crippen LogP contribution in [-0.2, 0) is 26.2 Å². The van der Waals surface area contributed by atoms with Crippen molar-refractivity contribution in [1.29, 1.82) is 0 Å². The van der Waals surface area contributed by atoms with Crippen LogP contribution in [0, 0.1) is 0 Å². The van der Waals surface area contributed by atoms with E-state index in [1.54, 1.807) is 0 Å². The molecular weight excluding hydrogens is 286 g/mol. The molecule has 1 aromatic carbocycles. The lowest BCUT2D eigenvalue weighted by Crippen LogP contribution is -2.46. The zero-order valence-electron chi connectivity index (χ0n) is 13.6. The molecule has 0 saturated carbocycles. The van der Waals surface area contributed by atoms with E-state index in [1.807, 2.05) is 65.0 Å². The minimum absolute atomic E-state index is 0.332. The quantitative estimate of drug-likeness (QED) is 0.751. The van der Waals surface area contributed by atoms with Gasteiger partial charge in [0, 0.05) is 18.8 Å². The van der Waals surface area contributed by atoms with Crippen LogP contribution < -0.4 is 4.72 Å². The zero-order valence-corrected chi connectivity index (χ0v) is 14.5. The predicted octanol–water partition coefficient (Wildman–Crippen LogP) is 2.96. The maximum Gasteiger partial charge on any atom is 0.208 e. The van der Waals surface area contributed by atoms with Gasteiger partial charge in [0.25, 0.3) is 0 Å². The summed E-state index contributed by atoms with van der Waals surface area (Å²) in [4.78, 5) is 0. The van der Waals surface area contributed by atoms with Gasteiger partial charge in [-0.05, 0) is 34.6 Å². The van der Waals surface area contributed by atoms with Crippen LogP contribution in [0.1, 0.15) is 40.2 Å². The molecule has 0 spiro atoms. The van der Waals surface area contributed by atoms with Gasteiger partial charge in [0.2, 0.25) is 5.79 Å². The Kier molecular flexibility index (Phi) is 7.00. The SMILES string of the molecule is CCOC(CNS(=O)C(C)(C)C)(OCC)c1ccccc1. The second-order valence-electron chi connectivity index (χ2n) is 5.69. The normalized spacial score (nSPS) is 14.1. The molecule has 0 aliphatic carbocycles. The van der Waals surface area contributed by atoms with E-state index >= 15 is 0 Å². The number of hydrogen-bond donors (Lipinski definition) is 1. The molecule has 1 atom stereocenters. The summed E-state index contributed by atoms with van der Waals surface area (Å²) >= 11 is 0. The first-order chi connectivity index (χ1) is 9.85. The van der Waals surface area contributed by atoms with Crippen molar-refractivity contribution in [3.63, 3.8) is 0 Å². The van der Waals surface area contributed by atoms with Crippen molar-refractivity contribution >= 4 is 11.0 Å². The van der Waals surface area contributed by atoms with Gasteiger partial charge in [0.15, 0.2) is 0 Å². The minimum Gasteiger partial charge on any atom is -0.345 e. The summed E-state index contributed by atoms with van der Waals surface area (Å²) in [6.45, 7) is 11.0. The van der Waals surface area contributed by atoms with Crippen LogP contribution in [0.5, 0.6) is 0 Å². The van der Waals surface area contributed by atoms with Crippen LogP contribution in [0.2, 0.25) is 0 Å². The van der Waals surface area contributed by atoms with Crippen LogP contribution in [0.25, 0.3) is 0 Å². The predicted molar refractivity (Wildman–Crippen MR) is 87.3 cm³/mol. The molecule has 0 aromatic heterocycles. The summed E-state index contributed by atoms with van der Waals surface area (Å²) in [5, 5.41) is 0. The standard InChI is InChI=1S/C16H27NO3S/c1-6-19-16(20-7-2,14-11-9-8-10-12-14)13-17-21(18)15(3,4)5/h8-12,17H,6-7,13H2,1-5H3. The van der Waals surface area contributed by atoms with E-state index in [0.717, 1.165) is 5.56 Å². The summed E-state index contributed by atoms with van der Waals surface area (Å²) in [6, 6.07) is 9.78. The summed E-state index contributed by atoms with van der Waals surface area (Å²) in [7, 11) is -1.17. The van der Waals surface area contributed by atoms with Gasteiger partial charge in [-0.2, -0.15) is 0 Å². The highest BCUT2D eigenvalue weighted by Crippen LogP contribution is 2.27. The summed E-state index contributed by atoms with van der Waals surface area (Å²) in [5.74, 6) is -0.911. The highest BCUT2D eigenvalue weighted by molar-refractivity contribution is 7.84. The molecule has 0 heterocycles. The number of rotatable bonds is 8. The monoisotopic (exact) mass is 313 g/mol.